The number of aromatic amines is 1. The number of carboxylic acid groups (broad SMARTS) is 1. The maximum Gasteiger partial charge on any atom is 0.306 e. The molecule has 2 heterocycles. The van der Waals surface area contributed by atoms with E-state index in [9.17, 15) is 18.7 Å². The molecule has 192 valence electrons. The molecule has 1 saturated carbocycles. The summed E-state index contributed by atoms with van der Waals surface area (Å²) in [6.45, 7) is 0. The summed E-state index contributed by atoms with van der Waals surface area (Å²) in [4.78, 5) is 23.3. The van der Waals surface area contributed by atoms with Crippen molar-refractivity contribution in [3.63, 3.8) is 0 Å². The molecule has 1 unspecified atom stereocenters. The van der Waals surface area contributed by atoms with Crippen LogP contribution in [0.25, 0.3) is 33.5 Å². The SMILES string of the molecule is O=C(O)C1CCC(Oc2nc3nc(-c4ccc(-c5ccc(C(O)C(F)F)cc5)cc4)c(Cl)cc3[nH]2)CC1. The molecule has 2 aromatic carbocycles. The predicted octanol–water partition coefficient (Wildman–Crippen LogP) is 6.27. The number of aromatic nitrogens is 3. The number of alkyl halides is 2. The van der Waals surface area contributed by atoms with Crippen molar-refractivity contribution in [1.29, 1.82) is 0 Å². The van der Waals surface area contributed by atoms with Crippen molar-refractivity contribution in [1.82, 2.24) is 15.0 Å². The molecule has 1 aliphatic rings. The number of nitrogens with one attached hydrogen (secondary N) is 1. The van der Waals surface area contributed by atoms with E-state index in [-0.39, 0.29) is 17.6 Å². The van der Waals surface area contributed by atoms with Crippen molar-refractivity contribution in [2.24, 2.45) is 5.92 Å². The van der Waals surface area contributed by atoms with E-state index in [0.717, 1.165) is 16.7 Å². The molecule has 1 aliphatic carbocycles. The Morgan fingerprint density at radius 3 is 2.16 bits per heavy atom. The number of carboxylic acids is 1. The van der Waals surface area contributed by atoms with Gasteiger partial charge in [-0.05, 0) is 48.4 Å². The second-order valence-corrected chi connectivity index (χ2v) is 9.55. The molecule has 0 radical (unpaired) electrons. The van der Waals surface area contributed by atoms with E-state index in [2.05, 4.69) is 15.0 Å². The number of pyridine rings is 1. The number of hydrogen-bond acceptors (Lipinski definition) is 5. The Labute approximate surface area is 216 Å². The Morgan fingerprint density at radius 1 is 0.973 bits per heavy atom. The normalized spacial score (nSPS) is 18.7. The fraction of sp³-hybridized carbons (Fsp3) is 0.296. The van der Waals surface area contributed by atoms with Crippen molar-refractivity contribution in [2.75, 3.05) is 0 Å². The topological polar surface area (TPSA) is 108 Å². The molecule has 7 nitrogen and oxygen atoms in total. The van der Waals surface area contributed by atoms with Crippen LogP contribution in [0.5, 0.6) is 6.01 Å². The fourth-order valence-electron chi connectivity index (χ4n) is 4.58. The zero-order valence-corrected chi connectivity index (χ0v) is 20.3. The van der Waals surface area contributed by atoms with E-state index in [0.29, 0.717) is 53.6 Å². The molecular weight excluding hydrogens is 504 g/mol. The largest absolute Gasteiger partial charge is 0.481 e. The molecule has 1 atom stereocenters. The average molecular weight is 528 g/mol. The van der Waals surface area contributed by atoms with Crippen LogP contribution in [-0.4, -0.2) is 43.7 Å². The van der Waals surface area contributed by atoms with Gasteiger partial charge in [0.2, 0.25) is 0 Å². The number of rotatable bonds is 7. The standard InChI is InChI=1S/C27H24ClF2N3O4/c28-20-13-21-25(33-27(31-21)37-19-11-9-18(10-12-19)26(35)36)32-22(20)16-5-1-14(2-6-16)15-3-7-17(8-4-15)23(34)24(29)30/h1-8,13,18-19,23-24,34H,9-12H2,(H,35,36)(H,31,32,33). The van der Waals surface area contributed by atoms with Crippen LogP contribution in [0, 0.1) is 5.92 Å². The number of imidazole rings is 1. The van der Waals surface area contributed by atoms with Crippen molar-refractivity contribution in [2.45, 2.75) is 44.3 Å². The zero-order chi connectivity index (χ0) is 26.1. The molecule has 1 fully saturated rings. The van der Waals surface area contributed by atoms with Gasteiger partial charge in [0.15, 0.2) is 5.65 Å². The van der Waals surface area contributed by atoms with Gasteiger partial charge in [0.05, 0.1) is 22.2 Å². The van der Waals surface area contributed by atoms with Crippen LogP contribution < -0.4 is 4.74 Å². The number of nitrogens with zero attached hydrogens (tertiary/aromatic N) is 2. The number of carbonyl (C=O) groups is 1. The summed E-state index contributed by atoms with van der Waals surface area (Å²) in [5, 5.41) is 19.1. The summed E-state index contributed by atoms with van der Waals surface area (Å²) in [6.07, 6.45) is -2.30. The highest BCUT2D eigenvalue weighted by Gasteiger charge is 2.27. The van der Waals surface area contributed by atoms with E-state index in [4.69, 9.17) is 21.4 Å². The molecule has 37 heavy (non-hydrogen) atoms. The number of halogens is 3. The summed E-state index contributed by atoms with van der Waals surface area (Å²) in [5.41, 5.74) is 4.25. The number of ether oxygens (including phenoxy) is 1. The Hall–Kier alpha value is -3.56. The second kappa shape index (κ2) is 10.4. The summed E-state index contributed by atoms with van der Waals surface area (Å²) in [7, 11) is 0. The van der Waals surface area contributed by atoms with Crippen LogP contribution in [0.1, 0.15) is 37.4 Å². The molecule has 4 aromatic rings. The lowest BCUT2D eigenvalue weighted by atomic mass is 9.87. The lowest BCUT2D eigenvalue weighted by molar-refractivity contribution is -0.143. The highest BCUT2D eigenvalue weighted by molar-refractivity contribution is 6.33. The Balaban J connectivity index is 1.31. The smallest absolute Gasteiger partial charge is 0.306 e. The van der Waals surface area contributed by atoms with Gasteiger partial charge in [0.25, 0.3) is 12.4 Å². The van der Waals surface area contributed by atoms with Crippen molar-refractivity contribution >= 4 is 28.7 Å². The van der Waals surface area contributed by atoms with Gasteiger partial charge in [-0.15, -0.1) is 0 Å². The van der Waals surface area contributed by atoms with Crippen LogP contribution in [-0.2, 0) is 4.79 Å². The van der Waals surface area contributed by atoms with Gasteiger partial charge >= 0.3 is 5.97 Å². The summed E-state index contributed by atoms with van der Waals surface area (Å²) in [6, 6.07) is 15.9. The molecule has 0 amide bonds. The molecule has 0 bridgehead atoms. The first-order valence-electron chi connectivity index (χ1n) is 11.9. The van der Waals surface area contributed by atoms with E-state index >= 15 is 0 Å². The lowest BCUT2D eigenvalue weighted by Crippen LogP contribution is -2.28. The minimum absolute atomic E-state index is 0.105. The number of fused-ring (bicyclic) bond motifs is 1. The molecule has 0 spiro atoms. The average Bonchev–Trinajstić information content (AvgIpc) is 3.29. The molecular formula is C27H24ClF2N3O4. The number of aliphatic carboxylic acids is 1. The minimum Gasteiger partial charge on any atom is -0.481 e. The molecule has 3 N–H and O–H groups in total. The van der Waals surface area contributed by atoms with Gasteiger partial charge in [-0.1, -0.05) is 60.1 Å². The maximum absolute atomic E-state index is 12.7. The first kappa shape index (κ1) is 25.1. The Bertz CT molecular complexity index is 1400. The number of H-pyrrole nitrogens is 1. The first-order valence-corrected chi connectivity index (χ1v) is 12.3. The van der Waals surface area contributed by atoms with Gasteiger partial charge < -0.3 is 19.9 Å². The van der Waals surface area contributed by atoms with Crippen molar-refractivity contribution < 1.29 is 28.5 Å². The highest BCUT2D eigenvalue weighted by atomic mass is 35.5. The minimum atomic E-state index is -2.84. The lowest BCUT2D eigenvalue weighted by Gasteiger charge is -2.25. The van der Waals surface area contributed by atoms with Crippen molar-refractivity contribution in [3.05, 3.63) is 65.2 Å². The molecule has 5 rings (SSSR count). The summed E-state index contributed by atoms with van der Waals surface area (Å²) < 4.78 is 31.4. The van der Waals surface area contributed by atoms with E-state index in [1.165, 1.54) is 12.1 Å². The van der Waals surface area contributed by atoms with Crippen LogP contribution in [0.2, 0.25) is 5.02 Å². The number of aliphatic hydroxyl groups excluding tert-OH is 1. The molecule has 10 heteroatoms. The van der Waals surface area contributed by atoms with Gasteiger partial charge in [-0.3, -0.25) is 4.79 Å². The third-order valence-corrected chi connectivity index (χ3v) is 6.98. The van der Waals surface area contributed by atoms with Gasteiger partial charge in [-0.25, -0.2) is 13.8 Å². The fourth-order valence-corrected chi connectivity index (χ4v) is 4.84. The van der Waals surface area contributed by atoms with E-state index in [1.807, 2.05) is 24.3 Å². The predicted molar refractivity (Wildman–Crippen MR) is 135 cm³/mol. The zero-order valence-electron chi connectivity index (χ0n) is 19.6. The second-order valence-electron chi connectivity index (χ2n) is 9.14. The van der Waals surface area contributed by atoms with E-state index in [1.54, 1.807) is 18.2 Å². The van der Waals surface area contributed by atoms with Crippen LogP contribution in [0.3, 0.4) is 0 Å². The first-order chi connectivity index (χ1) is 17.8. The quantitative estimate of drug-likeness (QED) is 0.261. The third-order valence-electron chi connectivity index (χ3n) is 6.69. The number of benzene rings is 2. The Morgan fingerprint density at radius 2 is 1.57 bits per heavy atom. The monoisotopic (exact) mass is 527 g/mol. The molecule has 0 aliphatic heterocycles. The van der Waals surface area contributed by atoms with Gasteiger partial charge in [0, 0.05) is 5.56 Å². The van der Waals surface area contributed by atoms with Crippen LogP contribution in [0.4, 0.5) is 8.78 Å². The van der Waals surface area contributed by atoms with Gasteiger partial charge in [-0.2, -0.15) is 4.98 Å². The van der Waals surface area contributed by atoms with Crippen LogP contribution >= 0.6 is 11.6 Å². The summed E-state index contributed by atoms with van der Waals surface area (Å²) in [5.74, 6) is -1.08. The third kappa shape index (κ3) is 5.42. The van der Waals surface area contributed by atoms with Crippen LogP contribution in [0.15, 0.2) is 54.6 Å². The highest BCUT2D eigenvalue weighted by Crippen LogP contribution is 2.33. The van der Waals surface area contributed by atoms with Crippen molar-refractivity contribution in [3.8, 4) is 28.4 Å². The summed E-state index contributed by atoms with van der Waals surface area (Å²) >= 11 is 6.52. The number of hydrogen-bond donors (Lipinski definition) is 3. The molecule has 2 aromatic heterocycles. The van der Waals surface area contributed by atoms with E-state index < -0.39 is 18.5 Å². The van der Waals surface area contributed by atoms with Gasteiger partial charge in [0.1, 0.15) is 12.2 Å². The molecule has 0 saturated heterocycles. The maximum atomic E-state index is 12.7. The Kier molecular flexibility index (Phi) is 7.08. The number of aliphatic hydroxyl groups is 1.